The Morgan fingerprint density at radius 1 is 1.62 bits per heavy atom. The topological polar surface area (TPSA) is 51.2 Å². The van der Waals surface area contributed by atoms with E-state index in [9.17, 15) is 0 Å². The number of rotatable bonds is 5. The van der Waals surface area contributed by atoms with E-state index in [-0.39, 0.29) is 6.04 Å². The summed E-state index contributed by atoms with van der Waals surface area (Å²) in [6.07, 6.45) is 1.33. The van der Waals surface area contributed by atoms with E-state index in [1.807, 2.05) is 6.07 Å². The van der Waals surface area contributed by atoms with Crippen LogP contribution >= 0.6 is 31.9 Å². The number of nitrogens with two attached hydrogens (primary N) is 1. The third-order valence-corrected chi connectivity index (χ3v) is 4.86. The van der Waals surface area contributed by atoms with Gasteiger partial charge in [0.2, 0.25) is 0 Å². The van der Waals surface area contributed by atoms with Crippen molar-refractivity contribution in [3.8, 4) is 0 Å². The highest BCUT2D eigenvalue weighted by atomic mass is 79.9. The van der Waals surface area contributed by atoms with Gasteiger partial charge < -0.3 is 15.5 Å². The maximum absolute atomic E-state index is 5.75. The lowest BCUT2D eigenvalue weighted by molar-refractivity contribution is 0.399. The molecule has 90 valence electrons. The third-order valence-electron chi connectivity index (χ3n) is 3.15. The highest BCUT2D eigenvalue weighted by Crippen LogP contribution is 2.37. The minimum atomic E-state index is 0.107. The fourth-order valence-electron chi connectivity index (χ4n) is 1.81. The Balaban J connectivity index is 1.93. The molecule has 16 heavy (non-hydrogen) atoms. The quantitative estimate of drug-likeness (QED) is 0.857. The zero-order valence-electron chi connectivity index (χ0n) is 9.17. The van der Waals surface area contributed by atoms with Crippen LogP contribution in [0.2, 0.25) is 0 Å². The van der Waals surface area contributed by atoms with Gasteiger partial charge in [-0.15, -0.1) is 0 Å². The molecule has 0 bridgehead atoms. The molecule has 0 amide bonds. The van der Waals surface area contributed by atoms with Crippen LogP contribution in [-0.2, 0) is 0 Å². The Hall–Kier alpha value is 0.160. The van der Waals surface area contributed by atoms with Gasteiger partial charge >= 0.3 is 0 Å². The van der Waals surface area contributed by atoms with Gasteiger partial charge in [0, 0.05) is 6.54 Å². The molecular weight excluding hydrogens is 336 g/mol. The van der Waals surface area contributed by atoms with Crippen molar-refractivity contribution in [3.63, 3.8) is 0 Å². The van der Waals surface area contributed by atoms with E-state index >= 15 is 0 Å². The molecule has 1 aromatic rings. The molecule has 0 aliphatic heterocycles. The van der Waals surface area contributed by atoms with E-state index < -0.39 is 0 Å². The number of hydrogen-bond acceptors (Lipinski definition) is 3. The second kappa shape index (κ2) is 5.21. The molecular formula is C11H16Br2N2O. The molecule has 2 rings (SSSR count). The van der Waals surface area contributed by atoms with Gasteiger partial charge in [0.15, 0.2) is 4.67 Å². The molecule has 3 N–H and O–H groups in total. The average molecular weight is 352 g/mol. The predicted molar refractivity (Wildman–Crippen MR) is 71.2 cm³/mol. The van der Waals surface area contributed by atoms with Crippen LogP contribution in [0.5, 0.6) is 0 Å². The standard InChI is InChI=1S/C11H16Br2N2O/c1-6-2-7(6)5-15-9(4-14)10-3-8(12)11(13)16-10/h3,6-7,9,15H,2,4-5,14H2,1H3. The minimum Gasteiger partial charge on any atom is -0.451 e. The Morgan fingerprint density at radius 2 is 2.31 bits per heavy atom. The van der Waals surface area contributed by atoms with E-state index in [1.54, 1.807) is 0 Å². The molecule has 0 radical (unpaired) electrons. The van der Waals surface area contributed by atoms with E-state index in [0.29, 0.717) is 6.54 Å². The summed E-state index contributed by atoms with van der Waals surface area (Å²) in [5.41, 5.74) is 5.75. The van der Waals surface area contributed by atoms with Crippen molar-refractivity contribution < 1.29 is 4.42 Å². The van der Waals surface area contributed by atoms with Crippen molar-refractivity contribution in [2.75, 3.05) is 13.1 Å². The van der Waals surface area contributed by atoms with Crippen LogP contribution in [0, 0.1) is 11.8 Å². The van der Waals surface area contributed by atoms with Crippen LogP contribution in [-0.4, -0.2) is 13.1 Å². The molecule has 1 saturated carbocycles. The van der Waals surface area contributed by atoms with E-state index in [1.165, 1.54) is 6.42 Å². The van der Waals surface area contributed by atoms with Crippen molar-refractivity contribution in [2.45, 2.75) is 19.4 Å². The SMILES string of the molecule is CC1CC1CNC(CN)c1cc(Br)c(Br)o1. The summed E-state index contributed by atoms with van der Waals surface area (Å²) in [4.78, 5) is 0. The van der Waals surface area contributed by atoms with Crippen LogP contribution in [0.25, 0.3) is 0 Å². The van der Waals surface area contributed by atoms with Gasteiger partial charge in [0.25, 0.3) is 0 Å². The Bertz CT molecular complexity index is 347. The Labute approximate surface area is 112 Å². The van der Waals surface area contributed by atoms with Crippen molar-refractivity contribution in [2.24, 2.45) is 17.6 Å². The van der Waals surface area contributed by atoms with E-state index in [0.717, 1.165) is 33.3 Å². The maximum atomic E-state index is 5.75. The molecule has 1 aliphatic rings. The zero-order chi connectivity index (χ0) is 11.7. The molecule has 0 saturated heterocycles. The first-order chi connectivity index (χ1) is 7.61. The van der Waals surface area contributed by atoms with Crippen molar-refractivity contribution in [3.05, 3.63) is 21.0 Å². The summed E-state index contributed by atoms with van der Waals surface area (Å²) in [6, 6.07) is 2.07. The summed E-state index contributed by atoms with van der Waals surface area (Å²) < 4.78 is 7.23. The fraction of sp³-hybridized carbons (Fsp3) is 0.636. The average Bonchev–Trinajstić information content (AvgIpc) is 2.84. The van der Waals surface area contributed by atoms with Gasteiger partial charge in [-0.1, -0.05) is 6.92 Å². The molecule has 1 fully saturated rings. The summed E-state index contributed by atoms with van der Waals surface area (Å²) in [5, 5.41) is 3.46. The first-order valence-electron chi connectivity index (χ1n) is 5.50. The molecule has 3 atom stereocenters. The highest BCUT2D eigenvalue weighted by Gasteiger charge is 2.32. The van der Waals surface area contributed by atoms with Gasteiger partial charge in [-0.2, -0.15) is 0 Å². The lowest BCUT2D eigenvalue weighted by Crippen LogP contribution is -2.29. The predicted octanol–water partition coefficient (Wildman–Crippen LogP) is 3.05. The van der Waals surface area contributed by atoms with Gasteiger partial charge in [0.05, 0.1) is 10.5 Å². The van der Waals surface area contributed by atoms with Crippen LogP contribution < -0.4 is 11.1 Å². The highest BCUT2D eigenvalue weighted by molar-refractivity contribution is 9.13. The summed E-state index contributed by atoms with van der Waals surface area (Å²) in [6.45, 7) is 3.86. The van der Waals surface area contributed by atoms with Gasteiger partial charge in [0.1, 0.15) is 5.76 Å². The first-order valence-corrected chi connectivity index (χ1v) is 7.08. The molecule has 1 heterocycles. The molecule has 3 nitrogen and oxygen atoms in total. The Morgan fingerprint density at radius 3 is 2.75 bits per heavy atom. The lowest BCUT2D eigenvalue weighted by Gasteiger charge is -2.13. The van der Waals surface area contributed by atoms with Crippen molar-refractivity contribution in [1.82, 2.24) is 5.32 Å². The molecule has 0 spiro atoms. The number of halogens is 2. The van der Waals surface area contributed by atoms with Gasteiger partial charge in [-0.05, 0) is 62.7 Å². The number of furan rings is 1. The molecule has 1 aromatic heterocycles. The van der Waals surface area contributed by atoms with Crippen LogP contribution in [0.4, 0.5) is 0 Å². The summed E-state index contributed by atoms with van der Waals surface area (Å²) in [5.74, 6) is 2.56. The number of hydrogen-bond donors (Lipinski definition) is 2. The zero-order valence-corrected chi connectivity index (χ0v) is 12.3. The smallest absolute Gasteiger partial charge is 0.183 e. The van der Waals surface area contributed by atoms with Gasteiger partial charge in [-0.25, -0.2) is 0 Å². The van der Waals surface area contributed by atoms with E-state index in [2.05, 4.69) is 44.1 Å². The third kappa shape index (κ3) is 2.88. The summed E-state index contributed by atoms with van der Waals surface area (Å²) in [7, 11) is 0. The summed E-state index contributed by atoms with van der Waals surface area (Å²) >= 11 is 6.74. The monoisotopic (exact) mass is 350 g/mol. The lowest BCUT2D eigenvalue weighted by atomic mass is 10.2. The van der Waals surface area contributed by atoms with E-state index in [4.69, 9.17) is 10.2 Å². The molecule has 3 unspecified atom stereocenters. The van der Waals surface area contributed by atoms with Crippen molar-refractivity contribution >= 4 is 31.9 Å². The minimum absolute atomic E-state index is 0.107. The van der Waals surface area contributed by atoms with Gasteiger partial charge in [-0.3, -0.25) is 0 Å². The van der Waals surface area contributed by atoms with Crippen LogP contribution in [0.15, 0.2) is 19.6 Å². The number of nitrogens with one attached hydrogen (secondary N) is 1. The largest absolute Gasteiger partial charge is 0.451 e. The fourth-order valence-corrected chi connectivity index (χ4v) is 2.42. The van der Waals surface area contributed by atoms with Crippen molar-refractivity contribution in [1.29, 1.82) is 0 Å². The second-order valence-corrected chi connectivity index (χ2v) is 6.01. The molecule has 5 heteroatoms. The van der Waals surface area contributed by atoms with Crippen LogP contribution in [0.1, 0.15) is 25.1 Å². The maximum Gasteiger partial charge on any atom is 0.183 e. The molecule has 1 aliphatic carbocycles. The Kier molecular flexibility index (Phi) is 4.11. The molecule has 0 aromatic carbocycles. The first kappa shape index (κ1) is 12.6. The second-order valence-electron chi connectivity index (χ2n) is 4.44. The van der Waals surface area contributed by atoms with Crippen LogP contribution in [0.3, 0.4) is 0 Å². The normalized spacial score (nSPS) is 25.8.